The van der Waals surface area contributed by atoms with Crippen LogP contribution in [0.3, 0.4) is 0 Å². The van der Waals surface area contributed by atoms with Crippen molar-refractivity contribution in [2.24, 2.45) is 0 Å². The van der Waals surface area contributed by atoms with Gasteiger partial charge in [0.2, 0.25) is 0 Å². The zero-order chi connectivity index (χ0) is 12.7. The lowest BCUT2D eigenvalue weighted by atomic mass is 10.1. The summed E-state index contributed by atoms with van der Waals surface area (Å²) in [4.78, 5) is 4.37. The van der Waals surface area contributed by atoms with Crippen LogP contribution in [0.2, 0.25) is 10.2 Å². The van der Waals surface area contributed by atoms with E-state index < -0.39 is 6.29 Å². The van der Waals surface area contributed by atoms with E-state index >= 15 is 0 Å². The third-order valence-corrected chi connectivity index (χ3v) is 3.66. The molecule has 0 aliphatic carbocycles. The molecule has 0 radical (unpaired) electrons. The van der Waals surface area contributed by atoms with Crippen molar-refractivity contribution in [3.63, 3.8) is 0 Å². The van der Waals surface area contributed by atoms with Crippen LogP contribution in [-0.2, 0) is 9.47 Å². The first-order valence-electron chi connectivity index (χ1n) is 5.64. The van der Waals surface area contributed by atoms with E-state index in [1.807, 2.05) is 25.1 Å². The first-order valence-corrected chi connectivity index (χ1v) is 6.40. The second-order valence-electron chi connectivity index (χ2n) is 4.24. The van der Waals surface area contributed by atoms with Crippen LogP contribution in [-0.4, -0.2) is 18.2 Å². The van der Waals surface area contributed by atoms with Crippen molar-refractivity contribution in [2.75, 3.05) is 13.2 Å². The molecule has 0 saturated carbocycles. The second kappa shape index (κ2) is 4.67. The third kappa shape index (κ3) is 2.08. The Bertz CT molecular complexity index is 609. The summed E-state index contributed by atoms with van der Waals surface area (Å²) < 4.78 is 10.9. The van der Waals surface area contributed by atoms with Crippen LogP contribution in [0.25, 0.3) is 10.9 Å². The van der Waals surface area contributed by atoms with Crippen LogP contribution >= 0.6 is 23.2 Å². The highest BCUT2D eigenvalue weighted by Gasteiger charge is 2.22. The molecule has 0 amide bonds. The molecule has 18 heavy (non-hydrogen) atoms. The Labute approximate surface area is 115 Å². The van der Waals surface area contributed by atoms with Crippen molar-refractivity contribution in [1.29, 1.82) is 0 Å². The lowest BCUT2D eigenvalue weighted by Gasteiger charge is -2.12. The molecule has 5 heteroatoms. The number of pyridine rings is 1. The van der Waals surface area contributed by atoms with Crippen LogP contribution in [0, 0.1) is 6.92 Å². The zero-order valence-corrected chi connectivity index (χ0v) is 11.3. The first kappa shape index (κ1) is 12.2. The molecule has 0 atom stereocenters. The van der Waals surface area contributed by atoms with Gasteiger partial charge in [0.15, 0.2) is 6.29 Å². The van der Waals surface area contributed by atoms with Gasteiger partial charge in [0.25, 0.3) is 0 Å². The first-order chi connectivity index (χ1) is 8.65. The number of rotatable bonds is 1. The standard InChI is InChI=1S/C13H11Cl2NO2/c1-7-4-11-8(6-10(7)14)5-9(12(15)16-11)13-17-2-3-18-13/h4-6,13H,2-3H2,1H3. The fourth-order valence-electron chi connectivity index (χ4n) is 1.99. The van der Waals surface area contributed by atoms with Gasteiger partial charge in [-0.05, 0) is 30.7 Å². The number of halogens is 2. The number of ether oxygens (including phenoxy) is 2. The van der Waals surface area contributed by atoms with Crippen molar-refractivity contribution < 1.29 is 9.47 Å². The van der Waals surface area contributed by atoms with Gasteiger partial charge in [0, 0.05) is 16.0 Å². The molecule has 1 aromatic heterocycles. The fourth-order valence-corrected chi connectivity index (χ4v) is 2.40. The maximum atomic E-state index is 6.17. The van der Waals surface area contributed by atoms with E-state index in [9.17, 15) is 0 Å². The number of fused-ring (bicyclic) bond motifs is 1. The van der Waals surface area contributed by atoms with E-state index in [4.69, 9.17) is 32.7 Å². The van der Waals surface area contributed by atoms with Crippen molar-refractivity contribution in [3.8, 4) is 0 Å². The lowest BCUT2D eigenvalue weighted by molar-refractivity contribution is -0.0441. The molecule has 0 N–H and O–H groups in total. The summed E-state index contributed by atoms with van der Waals surface area (Å²) in [5.41, 5.74) is 2.55. The topological polar surface area (TPSA) is 31.4 Å². The predicted molar refractivity (Wildman–Crippen MR) is 71.1 cm³/mol. The SMILES string of the molecule is Cc1cc2nc(Cl)c(C3OCCO3)cc2cc1Cl. The summed E-state index contributed by atoms with van der Waals surface area (Å²) >= 11 is 12.3. The van der Waals surface area contributed by atoms with Crippen LogP contribution in [0.4, 0.5) is 0 Å². The predicted octanol–water partition coefficient (Wildman–Crippen LogP) is 3.90. The van der Waals surface area contributed by atoms with Gasteiger partial charge in [0.1, 0.15) is 5.15 Å². The van der Waals surface area contributed by atoms with E-state index in [1.54, 1.807) is 0 Å². The normalized spacial score (nSPS) is 16.6. The highest BCUT2D eigenvalue weighted by atomic mass is 35.5. The zero-order valence-electron chi connectivity index (χ0n) is 9.74. The smallest absolute Gasteiger partial charge is 0.187 e. The van der Waals surface area contributed by atoms with E-state index in [-0.39, 0.29) is 0 Å². The Morgan fingerprint density at radius 3 is 2.61 bits per heavy atom. The molecule has 1 aromatic carbocycles. The quantitative estimate of drug-likeness (QED) is 0.744. The van der Waals surface area contributed by atoms with Crippen molar-refractivity contribution in [1.82, 2.24) is 4.98 Å². The molecule has 0 spiro atoms. The number of benzene rings is 1. The van der Waals surface area contributed by atoms with E-state index in [1.165, 1.54) is 0 Å². The van der Waals surface area contributed by atoms with Crippen molar-refractivity contribution in [3.05, 3.63) is 39.5 Å². The lowest BCUT2D eigenvalue weighted by Crippen LogP contribution is -2.00. The van der Waals surface area contributed by atoms with Gasteiger partial charge in [0.05, 0.1) is 18.7 Å². The fraction of sp³-hybridized carbons (Fsp3) is 0.308. The Hall–Kier alpha value is -0.870. The molecule has 3 rings (SSSR count). The van der Waals surface area contributed by atoms with Gasteiger partial charge in [-0.15, -0.1) is 0 Å². The second-order valence-corrected chi connectivity index (χ2v) is 5.00. The number of aryl methyl sites for hydroxylation is 1. The minimum Gasteiger partial charge on any atom is -0.346 e. The van der Waals surface area contributed by atoms with E-state index in [0.717, 1.165) is 22.0 Å². The largest absolute Gasteiger partial charge is 0.346 e. The monoisotopic (exact) mass is 283 g/mol. The summed E-state index contributed by atoms with van der Waals surface area (Å²) in [6.45, 7) is 3.09. The molecular weight excluding hydrogens is 273 g/mol. The molecule has 2 aromatic rings. The molecule has 0 bridgehead atoms. The summed E-state index contributed by atoms with van der Waals surface area (Å²) in [7, 11) is 0. The average Bonchev–Trinajstić information content (AvgIpc) is 2.84. The number of nitrogens with zero attached hydrogens (tertiary/aromatic N) is 1. The highest BCUT2D eigenvalue weighted by molar-refractivity contribution is 6.32. The highest BCUT2D eigenvalue weighted by Crippen LogP contribution is 2.32. The molecule has 2 heterocycles. The summed E-state index contributed by atoms with van der Waals surface area (Å²) in [5, 5.41) is 2.06. The molecule has 94 valence electrons. The maximum absolute atomic E-state index is 6.17. The maximum Gasteiger partial charge on any atom is 0.187 e. The molecule has 0 unspecified atom stereocenters. The average molecular weight is 284 g/mol. The molecule has 3 nitrogen and oxygen atoms in total. The van der Waals surface area contributed by atoms with Gasteiger partial charge in [-0.25, -0.2) is 4.98 Å². The van der Waals surface area contributed by atoms with Crippen LogP contribution in [0.15, 0.2) is 18.2 Å². The molecule has 1 fully saturated rings. The van der Waals surface area contributed by atoms with E-state index in [2.05, 4.69) is 4.98 Å². The summed E-state index contributed by atoms with van der Waals surface area (Å²) in [6.07, 6.45) is -0.422. The number of hydrogen-bond donors (Lipinski definition) is 0. The Balaban J connectivity index is 2.16. The minimum absolute atomic E-state index is 0.413. The van der Waals surface area contributed by atoms with Crippen molar-refractivity contribution >= 4 is 34.1 Å². The Morgan fingerprint density at radius 2 is 1.89 bits per heavy atom. The van der Waals surface area contributed by atoms with E-state index in [0.29, 0.717) is 23.4 Å². The molecule has 1 aliphatic rings. The summed E-state index contributed by atoms with van der Waals surface area (Å²) in [6, 6.07) is 5.73. The van der Waals surface area contributed by atoms with Gasteiger partial charge in [-0.3, -0.25) is 0 Å². The molecule has 1 saturated heterocycles. The summed E-state index contributed by atoms with van der Waals surface area (Å²) in [5.74, 6) is 0. The number of hydrogen-bond acceptors (Lipinski definition) is 3. The molecular formula is C13H11Cl2NO2. The van der Waals surface area contributed by atoms with Gasteiger partial charge in [-0.2, -0.15) is 0 Å². The van der Waals surface area contributed by atoms with Crippen LogP contribution in [0.1, 0.15) is 17.4 Å². The van der Waals surface area contributed by atoms with Crippen LogP contribution in [0.5, 0.6) is 0 Å². The Kier molecular flexibility index (Phi) is 3.16. The number of aromatic nitrogens is 1. The Morgan fingerprint density at radius 1 is 1.17 bits per heavy atom. The van der Waals surface area contributed by atoms with Gasteiger partial charge >= 0.3 is 0 Å². The van der Waals surface area contributed by atoms with Gasteiger partial charge < -0.3 is 9.47 Å². The third-order valence-electron chi connectivity index (χ3n) is 2.95. The minimum atomic E-state index is -0.422. The van der Waals surface area contributed by atoms with Crippen molar-refractivity contribution in [2.45, 2.75) is 13.2 Å². The molecule has 1 aliphatic heterocycles. The van der Waals surface area contributed by atoms with Gasteiger partial charge in [-0.1, -0.05) is 23.2 Å². The van der Waals surface area contributed by atoms with Crippen LogP contribution < -0.4 is 0 Å².